The lowest BCUT2D eigenvalue weighted by Gasteiger charge is -2.17. The molecule has 0 aliphatic carbocycles. The number of benzene rings is 2. The Kier molecular flexibility index (Phi) is 6.35. The first-order valence-corrected chi connectivity index (χ1v) is 8.28. The molecule has 4 N–H and O–H groups in total. The van der Waals surface area contributed by atoms with E-state index >= 15 is 0 Å². The molecule has 4 heteroatoms. The molecule has 0 saturated carbocycles. The van der Waals surface area contributed by atoms with Crippen LogP contribution in [0.15, 0.2) is 49.1 Å². The van der Waals surface area contributed by atoms with Crippen LogP contribution in [0.1, 0.15) is 29.2 Å². The fourth-order valence-corrected chi connectivity index (χ4v) is 2.72. The summed E-state index contributed by atoms with van der Waals surface area (Å²) in [5, 5.41) is 11.5. The zero-order valence-electron chi connectivity index (χ0n) is 14.8. The summed E-state index contributed by atoms with van der Waals surface area (Å²) >= 11 is 0. The summed E-state index contributed by atoms with van der Waals surface area (Å²) in [7, 11) is 0. The van der Waals surface area contributed by atoms with Crippen LogP contribution < -0.4 is 11.1 Å². The van der Waals surface area contributed by atoms with Crippen LogP contribution in [-0.4, -0.2) is 12.3 Å². The smallest absolute Gasteiger partial charge is 0.123 e. The maximum atomic E-state index is 13.0. The van der Waals surface area contributed by atoms with E-state index in [1.165, 1.54) is 12.1 Å². The molecule has 0 aromatic heterocycles. The van der Waals surface area contributed by atoms with Gasteiger partial charge in [0.25, 0.3) is 0 Å². The molecule has 0 heterocycles. The van der Waals surface area contributed by atoms with Crippen molar-refractivity contribution in [1.82, 2.24) is 5.32 Å². The van der Waals surface area contributed by atoms with Crippen molar-refractivity contribution in [3.05, 3.63) is 77.1 Å². The van der Waals surface area contributed by atoms with E-state index in [2.05, 4.69) is 17.8 Å². The van der Waals surface area contributed by atoms with Gasteiger partial charge in [-0.2, -0.15) is 0 Å². The Morgan fingerprint density at radius 1 is 1.31 bits per heavy atom. The monoisotopic (exact) mass is 347 g/mol. The number of terminal acetylenes is 1. The van der Waals surface area contributed by atoms with Crippen molar-refractivity contribution in [2.75, 3.05) is 12.3 Å². The molecule has 2 aromatic rings. The van der Waals surface area contributed by atoms with Crippen LogP contribution in [0, 0.1) is 23.6 Å². The minimum Gasteiger partial charge on any atom is -0.398 e. The Morgan fingerprint density at radius 3 is 2.62 bits per heavy atom. The van der Waals surface area contributed by atoms with E-state index in [0.717, 1.165) is 16.7 Å². The summed E-state index contributed by atoms with van der Waals surface area (Å²) in [6, 6.07) is 9.75. The molecule has 0 atom stereocenters. The zero-order valence-corrected chi connectivity index (χ0v) is 14.8. The Labute approximate surface area is 153 Å². The van der Waals surface area contributed by atoms with E-state index in [1.807, 2.05) is 13.0 Å². The SMILES string of the molecule is C#CCNC(=C)c1ccc(N)c(C(=N)/C=C/c2ccc(F)cc2)c1CC. The van der Waals surface area contributed by atoms with Gasteiger partial charge in [-0.25, -0.2) is 4.39 Å². The van der Waals surface area contributed by atoms with Gasteiger partial charge in [-0.1, -0.05) is 43.7 Å². The van der Waals surface area contributed by atoms with E-state index in [0.29, 0.717) is 29.9 Å². The normalized spacial score (nSPS) is 10.5. The van der Waals surface area contributed by atoms with E-state index in [9.17, 15) is 4.39 Å². The molecule has 2 rings (SSSR count). The average molecular weight is 347 g/mol. The predicted octanol–water partition coefficient (Wildman–Crippen LogP) is 4.25. The van der Waals surface area contributed by atoms with Gasteiger partial charge in [-0.15, -0.1) is 6.42 Å². The molecule has 0 fully saturated rings. The third-order valence-electron chi connectivity index (χ3n) is 4.01. The number of halogens is 1. The van der Waals surface area contributed by atoms with Gasteiger partial charge in [0.15, 0.2) is 0 Å². The second kappa shape index (κ2) is 8.68. The minimum atomic E-state index is -0.291. The Morgan fingerprint density at radius 2 is 2.00 bits per heavy atom. The van der Waals surface area contributed by atoms with Crippen LogP contribution >= 0.6 is 0 Å². The highest BCUT2D eigenvalue weighted by atomic mass is 19.1. The number of hydrogen-bond acceptors (Lipinski definition) is 3. The average Bonchev–Trinajstić information content (AvgIpc) is 2.64. The maximum Gasteiger partial charge on any atom is 0.123 e. The third-order valence-corrected chi connectivity index (χ3v) is 4.01. The maximum absolute atomic E-state index is 13.0. The lowest BCUT2D eigenvalue weighted by atomic mass is 9.92. The van der Waals surface area contributed by atoms with Gasteiger partial charge in [-0.3, -0.25) is 0 Å². The van der Waals surface area contributed by atoms with Crippen LogP contribution in [0.3, 0.4) is 0 Å². The van der Waals surface area contributed by atoms with Crippen LogP contribution in [0.4, 0.5) is 10.1 Å². The highest BCUT2D eigenvalue weighted by molar-refractivity contribution is 6.13. The van der Waals surface area contributed by atoms with E-state index in [1.54, 1.807) is 30.4 Å². The molecular weight excluding hydrogens is 325 g/mol. The fourth-order valence-electron chi connectivity index (χ4n) is 2.72. The van der Waals surface area contributed by atoms with Gasteiger partial charge in [0.05, 0.1) is 12.3 Å². The van der Waals surface area contributed by atoms with Crippen molar-refractivity contribution >= 4 is 23.2 Å². The Bertz CT molecular complexity index is 887. The van der Waals surface area contributed by atoms with Crippen molar-refractivity contribution in [2.45, 2.75) is 13.3 Å². The first-order chi connectivity index (χ1) is 12.5. The second-order valence-corrected chi connectivity index (χ2v) is 5.74. The number of rotatable bonds is 7. The highest BCUT2D eigenvalue weighted by Crippen LogP contribution is 2.27. The zero-order chi connectivity index (χ0) is 19.1. The summed E-state index contributed by atoms with van der Waals surface area (Å²) in [5.74, 6) is 2.23. The molecule has 2 aromatic carbocycles. The molecule has 0 amide bonds. The van der Waals surface area contributed by atoms with Crippen LogP contribution in [0.2, 0.25) is 0 Å². The topological polar surface area (TPSA) is 61.9 Å². The van der Waals surface area contributed by atoms with Crippen molar-refractivity contribution in [1.29, 1.82) is 5.41 Å². The molecule has 132 valence electrons. The Hall–Kier alpha value is -3.32. The summed E-state index contributed by atoms with van der Waals surface area (Å²) in [4.78, 5) is 0. The van der Waals surface area contributed by atoms with Gasteiger partial charge in [0.2, 0.25) is 0 Å². The van der Waals surface area contributed by atoms with Crippen LogP contribution in [0.25, 0.3) is 11.8 Å². The molecule has 0 aliphatic heterocycles. The Balaban J connectivity index is 2.37. The van der Waals surface area contributed by atoms with Crippen molar-refractivity contribution in [3.8, 4) is 12.3 Å². The number of nitrogen functional groups attached to an aromatic ring is 1. The molecule has 0 bridgehead atoms. The predicted molar refractivity (Wildman–Crippen MR) is 108 cm³/mol. The molecule has 0 radical (unpaired) electrons. The van der Waals surface area contributed by atoms with Gasteiger partial charge in [-0.05, 0) is 41.8 Å². The van der Waals surface area contributed by atoms with Gasteiger partial charge >= 0.3 is 0 Å². The minimum absolute atomic E-state index is 0.287. The first-order valence-electron chi connectivity index (χ1n) is 8.28. The summed E-state index contributed by atoms with van der Waals surface area (Å²) in [6.45, 7) is 6.42. The number of nitrogens with one attached hydrogen (secondary N) is 2. The molecular formula is C22H22FN3. The summed E-state index contributed by atoms with van der Waals surface area (Å²) < 4.78 is 13.0. The van der Waals surface area contributed by atoms with Gasteiger partial charge < -0.3 is 16.5 Å². The number of anilines is 1. The molecule has 3 nitrogen and oxygen atoms in total. The van der Waals surface area contributed by atoms with Gasteiger partial charge in [0, 0.05) is 22.5 Å². The summed E-state index contributed by atoms with van der Waals surface area (Å²) in [5.41, 5.74) is 11.0. The standard InChI is InChI=1S/C22H22FN3/c1-4-14-26-15(3)19-11-13-21(25)22(18(19)5-2)20(24)12-8-16-6-9-17(23)10-7-16/h1,6-13,24,26H,3,5,14,25H2,2H3/b12-8+,24-20?. The quantitative estimate of drug-likeness (QED) is 0.398. The first kappa shape index (κ1) is 19.0. The molecule has 0 saturated heterocycles. The van der Waals surface area contributed by atoms with E-state index in [-0.39, 0.29) is 11.5 Å². The number of nitrogens with two attached hydrogens (primary N) is 1. The highest BCUT2D eigenvalue weighted by Gasteiger charge is 2.15. The van der Waals surface area contributed by atoms with E-state index < -0.39 is 0 Å². The van der Waals surface area contributed by atoms with Crippen molar-refractivity contribution in [3.63, 3.8) is 0 Å². The molecule has 0 unspecified atom stereocenters. The van der Waals surface area contributed by atoms with Crippen molar-refractivity contribution < 1.29 is 4.39 Å². The third kappa shape index (κ3) is 4.40. The van der Waals surface area contributed by atoms with E-state index in [4.69, 9.17) is 17.6 Å². The molecule has 0 aliphatic rings. The second-order valence-electron chi connectivity index (χ2n) is 5.74. The summed E-state index contributed by atoms with van der Waals surface area (Å²) in [6.07, 6.45) is 9.41. The number of hydrogen-bond donors (Lipinski definition) is 3. The van der Waals surface area contributed by atoms with Gasteiger partial charge in [0.1, 0.15) is 5.82 Å². The lowest BCUT2D eigenvalue weighted by Crippen LogP contribution is -2.15. The largest absolute Gasteiger partial charge is 0.398 e. The fraction of sp³-hybridized carbons (Fsp3) is 0.136. The lowest BCUT2D eigenvalue weighted by molar-refractivity contribution is 0.628. The number of allylic oxidation sites excluding steroid dienone is 1. The molecule has 26 heavy (non-hydrogen) atoms. The molecule has 0 spiro atoms. The van der Waals surface area contributed by atoms with Crippen LogP contribution in [0.5, 0.6) is 0 Å². The van der Waals surface area contributed by atoms with Crippen molar-refractivity contribution in [2.24, 2.45) is 0 Å². The van der Waals surface area contributed by atoms with Crippen LogP contribution in [-0.2, 0) is 6.42 Å².